The third-order valence-corrected chi connectivity index (χ3v) is 4.98. The molecule has 0 aromatic carbocycles. The minimum Gasteiger partial charge on any atom is -0.431 e. The van der Waals surface area contributed by atoms with Crippen molar-refractivity contribution in [2.75, 3.05) is 30.3 Å². The predicted octanol–water partition coefficient (Wildman–Crippen LogP) is 3.21. The van der Waals surface area contributed by atoms with E-state index < -0.39 is 6.61 Å². The van der Waals surface area contributed by atoms with Crippen LogP contribution in [-0.2, 0) is 4.74 Å². The van der Waals surface area contributed by atoms with Crippen LogP contribution in [0.5, 0.6) is 5.75 Å². The van der Waals surface area contributed by atoms with Gasteiger partial charge < -0.3 is 20.1 Å². The van der Waals surface area contributed by atoms with E-state index in [0.29, 0.717) is 23.8 Å². The maximum atomic E-state index is 12.6. The van der Waals surface area contributed by atoms with Crippen LogP contribution in [-0.4, -0.2) is 47.4 Å². The molecule has 0 bridgehead atoms. The van der Waals surface area contributed by atoms with E-state index in [1.165, 1.54) is 12.3 Å². The zero-order chi connectivity index (χ0) is 19.7. The highest BCUT2D eigenvalue weighted by molar-refractivity contribution is 5.66. The van der Waals surface area contributed by atoms with Gasteiger partial charge in [0, 0.05) is 36.8 Å². The van der Waals surface area contributed by atoms with Gasteiger partial charge in [0.1, 0.15) is 11.6 Å². The van der Waals surface area contributed by atoms with E-state index in [9.17, 15) is 8.78 Å². The lowest BCUT2D eigenvalue weighted by atomic mass is 10.1. The van der Waals surface area contributed by atoms with Crippen molar-refractivity contribution in [3.63, 3.8) is 0 Å². The Morgan fingerprint density at radius 1 is 1.32 bits per heavy atom. The van der Waals surface area contributed by atoms with Gasteiger partial charge in [-0.05, 0) is 25.3 Å². The summed E-state index contributed by atoms with van der Waals surface area (Å²) in [5.74, 6) is 1.71. The summed E-state index contributed by atoms with van der Waals surface area (Å²) in [5, 5.41) is 0. The van der Waals surface area contributed by atoms with E-state index in [-0.39, 0.29) is 17.7 Å². The van der Waals surface area contributed by atoms with E-state index in [4.69, 9.17) is 15.5 Å². The highest BCUT2D eigenvalue weighted by Gasteiger charge is 2.29. The molecule has 1 aliphatic heterocycles. The topological polar surface area (TPSA) is 86.4 Å². The Balaban J connectivity index is 1.70. The number of aromatic nitrogens is 3. The van der Waals surface area contributed by atoms with Crippen molar-refractivity contribution in [1.82, 2.24) is 15.0 Å². The first-order chi connectivity index (χ1) is 13.5. The third-order valence-electron chi connectivity index (χ3n) is 4.98. The number of hydrogen-bond acceptors (Lipinski definition) is 7. The second-order valence-electron chi connectivity index (χ2n) is 7.08. The quantitative estimate of drug-likeness (QED) is 0.809. The molecule has 1 saturated carbocycles. The molecule has 2 aromatic rings. The number of anilines is 2. The molecule has 0 unspecified atom stereocenters. The standard InChI is InChI=1S/C19H23F2N5O2/c1-2-13-10-26(5-6-27-13)16-8-14(24-18(25-16)11-3-4-11)12-7-15(28-19(20)21)17(22)23-9-12/h7-9,11,13,19H,2-6,10H2,1H3,(H2,22,23)/t13-/m0/s1. The van der Waals surface area contributed by atoms with E-state index in [1.54, 1.807) is 0 Å². The van der Waals surface area contributed by atoms with E-state index in [2.05, 4.69) is 26.5 Å². The summed E-state index contributed by atoms with van der Waals surface area (Å²) in [6.07, 6.45) is 4.73. The molecule has 1 aliphatic carbocycles. The third kappa shape index (κ3) is 4.14. The molecule has 4 rings (SSSR count). The monoisotopic (exact) mass is 391 g/mol. The Kier molecular flexibility index (Phi) is 5.25. The van der Waals surface area contributed by atoms with E-state index >= 15 is 0 Å². The van der Waals surface area contributed by atoms with Crippen LogP contribution < -0.4 is 15.4 Å². The second-order valence-corrected chi connectivity index (χ2v) is 7.08. The minimum absolute atomic E-state index is 0.0836. The number of ether oxygens (including phenoxy) is 2. The molecule has 1 atom stereocenters. The molecule has 2 N–H and O–H groups in total. The molecule has 2 fully saturated rings. The number of halogens is 2. The van der Waals surface area contributed by atoms with Crippen molar-refractivity contribution in [2.24, 2.45) is 0 Å². The number of nitrogens with zero attached hydrogens (tertiary/aromatic N) is 4. The van der Waals surface area contributed by atoms with Crippen LogP contribution in [0.2, 0.25) is 0 Å². The van der Waals surface area contributed by atoms with E-state index in [1.807, 2.05) is 6.07 Å². The molecule has 2 aliphatic rings. The summed E-state index contributed by atoms with van der Waals surface area (Å²) >= 11 is 0. The number of hydrogen-bond donors (Lipinski definition) is 1. The number of pyridine rings is 1. The average molecular weight is 391 g/mol. The number of nitrogens with two attached hydrogens (primary N) is 1. The Hall–Kier alpha value is -2.55. The van der Waals surface area contributed by atoms with Crippen molar-refractivity contribution in [1.29, 1.82) is 0 Å². The van der Waals surface area contributed by atoms with Gasteiger partial charge in [0.25, 0.3) is 0 Å². The Labute approximate surface area is 161 Å². The van der Waals surface area contributed by atoms with E-state index in [0.717, 1.165) is 44.0 Å². The average Bonchev–Trinajstić information content (AvgIpc) is 3.54. The Morgan fingerprint density at radius 2 is 2.14 bits per heavy atom. The lowest BCUT2D eigenvalue weighted by Gasteiger charge is -2.33. The summed E-state index contributed by atoms with van der Waals surface area (Å²) in [6, 6.07) is 3.31. The molecule has 150 valence electrons. The first-order valence-corrected chi connectivity index (χ1v) is 9.49. The van der Waals surface area contributed by atoms with Gasteiger partial charge in [-0.15, -0.1) is 0 Å². The van der Waals surface area contributed by atoms with Gasteiger partial charge in [-0.25, -0.2) is 15.0 Å². The van der Waals surface area contributed by atoms with Crippen molar-refractivity contribution >= 4 is 11.6 Å². The smallest absolute Gasteiger partial charge is 0.387 e. The van der Waals surface area contributed by atoms with Crippen molar-refractivity contribution in [3.8, 4) is 17.0 Å². The van der Waals surface area contributed by atoms with Gasteiger partial charge in [-0.2, -0.15) is 8.78 Å². The van der Waals surface area contributed by atoms with Crippen LogP contribution in [0.25, 0.3) is 11.3 Å². The predicted molar refractivity (Wildman–Crippen MR) is 101 cm³/mol. The van der Waals surface area contributed by atoms with Gasteiger partial charge in [0.2, 0.25) is 0 Å². The van der Waals surface area contributed by atoms with Crippen LogP contribution in [0.3, 0.4) is 0 Å². The van der Waals surface area contributed by atoms with Gasteiger partial charge in [-0.1, -0.05) is 6.92 Å². The number of morpholine rings is 1. The molecule has 0 radical (unpaired) electrons. The number of rotatable bonds is 6. The van der Waals surface area contributed by atoms with Gasteiger partial charge in [0.15, 0.2) is 11.6 Å². The lowest BCUT2D eigenvalue weighted by molar-refractivity contribution is -0.0494. The van der Waals surface area contributed by atoms with Crippen molar-refractivity contribution < 1.29 is 18.3 Å². The molecule has 7 nitrogen and oxygen atoms in total. The Bertz CT molecular complexity index is 847. The molecule has 2 aromatic heterocycles. The second kappa shape index (κ2) is 7.83. The molecular weight excluding hydrogens is 368 g/mol. The lowest BCUT2D eigenvalue weighted by Crippen LogP contribution is -2.42. The molecule has 9 heteroatoms. The van der Waals surface area contributed by atoms with Crippen LogP contribution in [0, 0.1) is 0 Å². The SMILES string of the molecule is CC[C@H]1CN(c2cc(-c3cnc(N)c(OC(F)F)c3)nc(C3CC3)n2)CCO1. The van der Waals surface area contributed by atoms with Crippen molar-refractivity contribution in [2.45, 2.75) is 44.8 Å². The van der Waals surface area contributed by atoms with Crippen LogP contribution in [0.15, 0.2) is 18.3 Å². The summed E-state index contributed by atoms with van der Waals surface area (Å²) in [5.41, 5.74) is 6.85. The van der Waals surface area contributed by atoms with Crippen LogP contribution in [0.1, 0.15) is 37.9 Å². The zero-order valence-electron chi connectivity index (χ0n) is 15.6. The highest BCUT2D eigenvalue weighted by Crippen LogP contribution is 2.40. The van der Waals surface area contributed by atoms with Gasteiger partial charge in [-0.3, -0.25) is 0 Å². The van der Waals surface area contributed by atoms with Gasteiger partial charge >= 0.3 is 6.61 Å². The number of alkyl halides is 2. The molecule has 1 saturated heterocycles. The zero-order valence-corrected chi connectivity index (χ0v) is 15.6. The number of nitrogen functional groups attached to an aromatic ring is 1. The first kappa shape index (κ1) is 18.8. The molecule has 0 amide bonds. The summed E-state index contributed by atoms with van der Waals surface area (Å²) < 4.78 is 35.5. The fourth-order valence-electron chi connectivity index (χ4n) is 3.25. The fourth-order valence-corrected chi connectivity index (χ4v) is 3.25. The maximum absolute atomic E-state index is 12.6. The molecule has 28 heavy (non-hydrogen) atoms. The van der Waals surface area contributed by atoms with Crippen LogP contribution in [0.4, 0.5) is 20.4 Å². The molecule has 0 spiro atoms. The Morgan fingerprint density at radius 3 is 2.86 bits per heavy atom. The summed E-state index contributed by atoms with van der Waals surface area (Å²) in [4.78, 5) is 15.6. The summed E-state index contributed by atoms with van der Waals surface area (Å²) in [7, 11) is 0. The largest absolute Gasteiger partial charge is 0.431 e. The fraction of sp³-hybridized carbons (Fsp3) is 0.526. The highest BCUT2D eigenvalue weighted by atomic mass is 19.3. The maximum Gasteiger partial charge on any atom is 0.387 e. The first-order valence-electron chi connectivity index (χ1n) is 9.49. The molecular formula is C19H23F2N5O2. The minimum atomic E-state index is -2.97. The van der Waals surface area contributed by atoms with Crippen LogP contribution >= 0.6 is 0 Å². The molecule has 3 heterocycles. The van der Waals surface area contributed by atoms with Gasteiger partial charge in [0.05, 0.1) is 18.4 Å². The normalized spacial score (nSPS) is 19.9. The van der Waals surface area contributed by atoms with Crippen molar-refractivity contribution in [3.05, 3.63) is 24.2 Å². The summed E-state index contributed by atoms with van der Waals surface area (Å²) in [6.45, 7) is 1.28.